The van der Waals surface area contributed by atoms with Crippen molar-refractivity contribution in [2.75, 3.05) is 12.3 Å². The van der Waals surface area contributed by atoms with E-state index in [1.165, 1.54) is 18.2 Å². The van der Waals surface area contributed by atoms with Crippen LogP contribution in [0.4, 0.5) is 0 Å². The number of aromatic nitrogens is 2. The van der Waals surface area contributed by atoms with Crippen molar-refractivity contribution in [2.24, 2.45) is 5.92 Å². The van der Waals surface area contributed by atoms with Crippen molar-refractivity contribution in [3.63, 3.8) is 0 Å². The third-order valence-corrected chi connectivity index (χ3v) is 6.34. The summed E-state index contributed by atoms with van der Waals surface area (Å²) in [6.07, 6.45) is 6.37. The number of carbonyl (C=O) groups is 1. The summed E-state index contributed by atoms with van der Waals surface area (Å²) in [7, 11) is 0. The number of benzene rings is 1. The van der Waals surface area contributed by atoms with E-state index in [1.54, 1.807) is 18.2 Å². The molecule has 0 radical (unpaired) electrons. The van der Waals surface area contributed by atoms with Gasteiger partial charge in [-0.15, -0.1) is 0 Å². The van der Waals surface area contributed by atoms with Crippen molar-refractivity contribution in [3.8, 4) is 0 Å². The third-order valence-electron chi connectivity index (χ3n) is 5.15. The zero-order valence-corrected chi connectivity index (χ0v) is 18.1. The first-order valence-electron chi connectivity index (χ1n) is 10.1. The molecule has 1 aromatic carbocycles. The molecule has 3 rings (SSSR count). The minimum Gasteiger partial charge on any atom is -0.355 e. The molecule has 1 heterocycles. The summed E-state index contributed by atoms with van der Waals surface area (Å²) in [5.74, 6) is 0.779. The third kappa shape index (κ3) is 5.29. The summed E-state index contributed by atoms with van der Waals surface area (Å²) in [6, 6.07) is 5.35. The van der Waals surface area contributed by atoms with Crippen molar-refractivity contribution in [3.05, 3.63) is 33.6 Å². The minimum atomic E-state index is -0.0312. The highest BCUT2D eigenvalue weighted by Crippen LogP contribution is 2.31. The standard InChI is InChI=1S/C21H28ClN3O2S/c1-14(2)10-11-23-19(26)13-28-21-24-18-12-15(22)8-9-17(18)20(27)25(21)16-6-4-3-5-7-16/h8-9,12,14,16H,3-7,10-11,13H2,1-2H3,(H,23,26). The summed E-state index contributed by atoms with van der Waals surface area (Å²) < 4.78 is 1.82. The summed E-state index contributed by atoms with van der Waals surface area (Å²) >= 11 is 7.44. The van der Waals surface area contributed by atoms with Gasteiger partial charge in [-0.2, -0.15) is 0 Å². The molecular formula is C21H28ClN3O2S. The Balaban J connectivity index is 1.86. The number of nitrogens with zero attached hydrogens (tertiary/aromatic N) is 2. The van der Waals surface area contributed by atoms with Crippen LogP contribution in [0.15, 0.2) is 28.2 Å². The lowest BCUT2D eigenvalue weighted by Gasteiger charge is -2.26. The van der Waals surface area contributed by atoms with Gasteiger partial charge in [0.25, 0.3) is 5.56 Å². The summed E-state index contributed by atoms with van der Waals surface area (Å²) in [6.45, 7) is 4.94. The number of rotatable bonds is 7. The first-order valence-corrected chi connectivity index (χ1v) is 11.4. The molecule has 1 aliphatic carbocycles. The zero-order chi connectivity index (χ0) is 20.1. The molecule has 28 heavy (non-hydrogen) atoms. The Morgan fingerprint density at radius 3 is 2.79 bits per heavy atom. The number of fused-ring (bicyclic) bond motifs is 1. The molecule has 1 aromatic heterocycles. The lowest BCUT2D eigenvalue weighted by atomic mass is 9.95. The van der Waals surface area contributed by atoms with Crippen molar-refractivity contribution in [2.45, 2.75) is 63.6 Å². The summed E-state index contributed by atoms with van der Waals surface area (Å²) in [4.78, 5) is 30.2. The molecule has 0 aliphatic heterocycles. The Bertz CT molecular complexity index is 891. The molecule has 1 N–H and O–H groups in total. The highest BCUT2D eigenvalue weighted by molar-refractivity contribution is 7.99. The molecule has 0 spiro atoms. The SMILES string of the molecule is CC(C)CCNC(=O)CSc1nc2cc(Cl)ccc2c(=O)n1C1CCCCC1. The monoisotopic (exact) mass is 421 g/mol. The van der Waals surface area contributed by atoms with E-state index in [0.717, 1.165) is 32.1 Å². The highest BCUT2D eigenvalue weighted by atomic mass is 35.5. The summed E-state index contributed by atoms with van der Waals surface area (Å²) in [5, 5.41) is 4.70. The smallest absolute Gasteiger partial charge is 0.262 e. The number of hydrogen-bond donors (Lipinski definition) is 1. The predicted molar refractivity (Wildman–Crippen MR) is 116 cm³/mol. The van der Waals surface area contributed by atoms with Crippen LogP contribution in [0.1, 0.15) is 58.4 Å². The van der Waals surface area contributed by atoms with Crippen LogP contribution in [-0.4, -0.2) is 27.8 Å². The Labute approximate surface area is 175 Å². The van der Waals surface area contributed by atoms with Crippen molar-refractivity contribution in [1.29, 1.82) is 0 Å². The largest absolute Gasteiger partial charge is 0.355 e. The first-order chi connectivity index (χ1) is 13.5. The van der Waals surface area contributed by atoms with E-state index in [4.69, 9.17) is 16.6 Å². The van der Waals surface area contributed by atoms with Gasteiger partial charge in [-0.1, -0.05) is 56.5 Å². The number of nitrogens with one attached hydrogen (secondary N) is 1. The molecule has 1 fully saturated rings. The second-order valence-corrected chi connectivity index (χ2v) is 9.22. The number of thioether (sulfide) groups is 1. The van der Waals surface area contributed by atoms with Crippen LogP contribution in [0, 0.1) is 5.92 Å². The Morgan fingerprint density at radius 2 is 2.07 bits per heavy atom. The van der Waals surface area contributed by atoms with Crippen molar-refractivity contribution >= 4 is 40.2 Å². The fraction of sp³-hybridized carbons (Fsp3) is 0.571. The van der Waals surface area contributed by atoms with Gasteiger partial charge in [0.2, 0.25) is 5.91 Å². The van der Waals surface area contributed by atoms with Gasteiger partial charge in [0, 0.05) is 17.6 Å². The summed E-state index contributed by atoms with van der Waals surface area (Å²) in [5.41, 5.74) is 0.559. The second-order valence-electron chi connectivity index (χ2n) is 7.84. The molecule has 0 saturated heterocycles. The maximum absolute atomic E-state index is 13.2. The van der Waals surface area contributed by atoms with E-state index in [1.807, 2.05) is 4.57 Å². The Hall–Kier alpha value is -1.53. The van der Waals surface area contributed by atoms with Crippen molar-refractivity contribution in [1.82, 2.24) is 14.9 Å². The maximum atomic E-state index is 13.2. The van der Waals surface area contributed by atoms with E-state index < -0.39 is 0 Å². The zero-order valence-electron chi connectivity index (χ0n) is 16.5. The van der Waals surface area contributed by atoms with Gasteiger partial charge in [-0.25, -0.2) is 4.98 Å². The van der Waals surface area contributed by atoms with Crippen molar-refractivity contribution < 1.29 is 4.79 Å². The maximum Gasteiger partial charge on any atom is 0.262 e. The molecule has 2 aromatic rings. The number of halogens is 1. The van der Waals surface area contributed by atoms with Gasteiger partial charge < -0.3 is 5.32 Å². The van der Waals surface area contributed by atoms with Crippen LogP contribution in [0.5, 0.6) is 0 Å². The molecule has 0 unspecified atom stereocenters. The second kappa shape index (κ2) is 9.79. The lowest BCUT2D eigenvalue weighted by molar-refractivity contribution is -0.118. The van der Waals surface area contributed by atoms with Crippen LogP contribution < -0.4 is 10.9 Å². The molecule has 7 heteroatoms. The normalized spacial score (nSPS) is 15.3. The number of amides is 1. The fourth-order valence-electron chi connectivity index (χ4n) is 3.60. The van der Waals surface area contributed by atoms with E-state index >= 15 is 0 Å². The molecule has 0 atom stereocenters. The minimum absolute atomic E-state index is 0.0266. The molecule has 152 valence electrons. The van der Waals surface area contributed by atoms with E-state index in [0.29, 0.717) is 33.5 Å². The highest BCUT2D eigenvalue weighted by Gasteiger charge is 2.22. The van der Waals surface area contributed by atoms with Gasteiger partial charge in [-0.3, -0.25) is 14.2 Å². The molecule has 1 amide bonds. The van der Waals surface area contributed by atoms with Crippen LogP contribution in [0.2, 0.25) is 5.02 Å². The topological polar surface area (TPSA) is 64.0 Å². The van der Waals surface area contributed by atoms with Crippen LogP contribution in [0.25, 0.3) is 10.9 Å². The molecular weight excluding hydrogens is 394 g/mol. The number of carbonyl (C=O) groups excluding carboxylic acids is 1. The first kappa shape index (κ1) is 21.2. The van der Waals surface area contributed by atoms with Gasteiger partial charge >= 0.3 is 0 Å². The molecule has 1 saturated carbocycles. The van der Waals surface area contributed by atoms with Crippen LogP contribution in [-0.2, 0) is 4.79 Å². The molecule has 1 aliphatic rings. The van der Waals surface area contributed by atoms with Crippen LogP contribution in [0.3, 0.4) is 0 Å². The van der Waals surface area contributed by atoms with Gasteiger partial charge in [0.1, 0.15) is 0 Å². The van der Waals surface area contributed by atoms with E-state index in [-0.39, 0.29) is 23.3 Å². The lowest BCUT2D eigenvalue weighted by Crippen LogP contribution is -2.30. The number of hydrogen-bond acceptors (Lipinski definition) is 4. The quantitative estimate of drug-likeness (QED) is 0.514. The molecule has 5 nitrogen and oxygen atoms in total. The average molecular weight is 422 g/mol. The van der Waals surface area contributed by atoms with E-state index in [2.05, 4.69) is 19.2 Å². The van der Waals surface area contributed by atoms with Gasteiger partial charge in [-0.05, 0) is 43.4 Å². The average Bonchev–Trinajstić information content (AvgIpc) is 2.66. The Morgan fingerprint density at radius 1 is 1.32 bits per heavy atom. The van der Waals surface area contributed by atoms with E-state index in [9.17, 15) is 9.59 Å². The molecule has 0 bridgehead atoms. The predicted octanol–water partition coefficient (Wildman–Crippen LogP) is 4.81. The van der Waals surface area contributed by atoms with Gasteiger partial charge in [0.15, 0.2) is 5.16 Å². The fourth-order valence-corrected chi connectivity index (χ4v) is 4.66. The van der Waals surface area contributed by atoms with Crippen LogP contribution >= 0.6 is 23.4 Å². The Kier molecular flexibility index (Phi) is 7.41. The van der Waals surface area contributed by atoms with Gasteiger partial charge in [0.05, 0.1) is 16.7 Å².